The molecule has 4 aliphatic heterocycles. The van der Waals surface area contributed by atoms with E-state index in [2.05, 4.69) is 20.0 Å². The second kappa shape index (κ2) is 10.6. The van der Waals surface area contributed by atoms with Gasteiger partial charge in [0.1, 0.15) is 11.1 Å². The molecule has 1 aromatic rings. The molecule has 0 saturated carbocycles. The summed E-state index contributed by atoms with van der Waals surface area (Å²) in [6.07, 6.45) is -3.83. The number of aromatic nitrogens is 1. The van der Waals surface area contributed by atoms with Crippen LogP contribution in [0.2, 0.25) is 0 Å². The zero-order valence-corrected chi connectivity index (χ0v) is 21.9. The molecule has 0 spiro atoms. The SMILES string of the molecule is COC(=O)C1=C2C=CC(=N2)C(C(F)(F)F)=C2C=CC(=N2)/C(=C(/[O-])OC)c2ccc([n-]2)C(C(F)(F)F)=C2C=CC1=N2.[Mn+2]. The second-order valence-corrected chi connectivity index (χ2v) is 8.34. The van der Waals surface area contributed by atoms with Gasteiger partial charge in [0.2, 0.25) is 0 Å². The molecule has 4 aliphatic rings. The van der Waals surface area contributed by atoms with E-state index in [4.69, 9.17) is 9.47 Å². The fraction of sp³-hybridized carbons (Fsp3) is 0.154. The molecule has 0 N–H and O–H groups in total. The van der Waals surface area contributed by atoms with Crippen LogP contribution in [-0.2, 0) is 31.3 Å². The average molecular weight is 615 g/mol. The van der Waals surface area contributed by atoms with E-state index in [0.717, 1.165) is 62.8 Å². The quantitative estimate of drug-likeness (QED) is 0.217. The van der Waals surface area contributed by atoms with Crippen LogP contribution in [0.1, 0.15) is 11.4 Å². The van der Waals surface area contributed by atoms with Gasteiger partial charge in [0.25, 0.3) is 0 Å². The predicted molar refractivity (Wildman–Crippen MR) is 129 cm³/mol. The Morgan fingerprint density at radius 2 is 1.24 bits per heavy atom. The van der Waals surface area contributed by atoms with E-state index in [1.807, 2.05) is 0 Å². The zero-order chi connectivity index (χ0) is 29.0. The fourth-order valence-electron chi connectivity index (χ4n) is 4.29. The molecular weight excluding hydrogens is 601 g/mol. The van der Waals surface area contributed by atoms with Crippen molar-refractivity contribution < 1.29 is 62.8 Å². The summed E-state index contributed by atoms with van der Waals surface area (Å²) in [6.45, 7) is 0. The standard InChI is InChI=1S/C26H16F6N4O4.Mn/c1-39-23(37)19-11-3-7-15(33-11)21(25(27,28)29)17-9-5-13(35-17)20(24(38)40-2)14-6-10-18(36-14)22(26(30,31)32)16-8-4-12(19)34-16;/h3-10H,1-2H3,(H2,33,34,35,36,37,38);/q;+2/p-2. The molecule has 0 unspecified atom stereocenters. The number of alkyl halides is 6. The van der Waals surface area contributed by atoms with E-state index < -0.39 is 69.4 Å². The third kappa shape index (κ3) is 5.25. The van der Waals surface area contributed by atoms with Crippen molar-refractivity contribution in [2.45, 2.75) is 12.4 Å². The van der Waals surface area contributed by atoms with E-state index >= 15 is 0 Å². The number of carbonyl (C=O) groups is 1. The number of allylic oxidation sites excluding steroid dienone is 9. The summed E-state index contributed by atoms with van der Waals surface area (Å²) in [5, 5.41) is 12.6. The summed E-state index contributed by atoms with van der Waals surface area (Å²) in [5.41, 5.74) is -7.32. The maximum absolute atomic E-state index is 14.3. The van der Waals surface area contributed by atoms with Gasteiger partial charge in [-0.3, -0.25) is 0 Å². The van der Waals surface area contributed by atoms with Gasteiger partial charge in [0, 0.05) is 5.57 Å². The minimum atomic E-state index is -4.99. The Kier molecular flexibility index (Phi) is 7.63. The van der Waals surface area contributed by atoms with Crippen LogP contribution in [0, 0.1) is 0 Å². The number of hydrogen-bond acceptors (Lipinski definition) is 7. The Morgan fingerprint density at radius 3 is 1.85 bits per heavy atom. The summed E-state index contributed by atoms with van der Waals surface area (Å²) >= 11 is 0. The summed E-state index contributed by atoms with van der Waals surface area (Å²) in [5.74, 6) is -2.17. The Hall–Kier alpha value is -4.36. The first-order chi connectivity index (χ1) is 18.8. The molecule has 0 atom stereocenters. The Balaban J connectivity index is 0.00000387. The third-order valence-corrected chi connectivity index (χ3v) is 5.96. The molecule has 0 amide bonds. The van der Waals surface area contributed by atoms with Gasteiger partial charge >= 0.3 is 35.4 Å². The van der Waals surface area contributed by atoms with Gasteiger partial charge in [0.05, 0.1) is 52.9 Å². The molecule has 5 heterocycles. The Labute approximate surface area is 237 Å². The van der Waals surface area contributed by atoms with Crippen LogP contribution >= 0.6 is 0 Å². The van der Waals surface area contributed by atoms with E-state index in [9.17, 15) is 36.2 Å². The van der Waals surface area contributed by atoms with Crippen molar-refractivity contribution in [1.82, 2.24) is 4.98 Å². The van der Waals surface area contributed by atoms with E-state index in [0.29, 0.717) is 0 Å². The number of hydrogen-bond donors (Lipinski definition) is 0. The number of esters is 1. The monoisotopic (exact) mass is 615 g/mol. The van der Waals surface area contributed by atoms with Crippen LogP contribution in [0.3, 0.4) is 0 Å². The topological polar surface area (TPSA) is 110 Å². The number of fused-ring (bicyclic) bond motifs is 5. The first-order valence-corrected chi connectivity index (χ1v) is 11.2. The maximum atomic E-state index is 14.3. The van der Waals surface area contributed by atoms with Crippen LogP contribution in [0.4, 0.5) is 26.3 Å². The molecule has 41 heavy (non-hydrogen) atoms. The molecule has 8 nitrogen and oxygen atoms in total. The van der Waals surface area contributed by atoms with Crippen molar-refractivity contribution in [3.63, 3.8) is 0 Å². The summed E-state index contributed by atoms with van der Waals surface area (Å²) in [6, 6.07) is 2.05. The molecule has 0 aromatic carbocycles. The largest absolute Gasteiger partial charge is 2.00 e. The first kappa shape index (κ1) is 29.6. The van der Waals surface area contributed by atoms with Crippen LogP contribution < -0.4 is 10.1 Å². The number of carbonyl (C=O) groups excluding carboxylic acids is 1. The maximum Gasteiger partial charge on any atom is 2.00 e. The smallest absolute Gasteiger partial charge is 0.657 e. The number of nitrogens with zero attached hydrogens (tertiary/aromatic N) is 4. The molecule has 0 aliphatic carbocycles. The van der Waals surface area contributed by atoms with Crippen LogP contribution in [0.25, 0.3) is 11.1 Å². The number of aliphatic imine (C=N–C) groups is 3. The molecule has 0 fully saturated rings. The number of methoxy groups -OCH3 is 2. The van der Waals surface area contributed by atoms with Gasteiger partial charge in [0.15, 0.2) is 0 Å². The Morgan fingerprint density at radius 1 is 0.732 bits per heavy atom. The van der Waals surface area contributed by atoms with Gasteiger partial charge in [-0.1, -0.05) is 12.1 Å². The van der Waals surface area contributed by atoms with E-state index in [1.54, 1.807) is 0 Å². The van der Waals surface area contributed by atoms with Gasteiger partial charge < -0.3 is 19.6 Å². The number of halogens is 6. The van der Waals surface area contributed by atoms with Gasteiger partial charge in [-0.15, -0.1) is 11.4 Å². The van der Waals surface area contributed by atoms with Crippen molar-refractivity contribution in [3.8, 4) is 0 Å². The van der Waals surface area contributed by atoms with Gasteiger partial charge in [-0.05, 0) is 43.6 Å². The van der Waals surface area contributed by atoms with Crippen molar-refractivity contribution in [2.24, 2.45) is 15.0 Å². The molecule has 211 valence electrons. The van der Waals surface area contributed by atoms with Crippen LogP contribution in [-0.4, -0.2) is 49.7 Å². The number of rotatable bonds is 2. The second-order valence-electron chi connectivity index (χ2n) is 8.34. The van der Waals surface area contributed by atoms with Crippen LogP contribution in [0.15, 0.2) is 97.7 Å². The molecule has 1 radical (unpaired) electrons. The van der Waals surface area contributed by atoms with Crippen LogP contribution in [0.5, 0.6) is 0 Å². The predicted octanol–water partition coefficient (Wildman–Crippen LogP) is 3.88. The summed E-state index contributed by atoms with van der Waals surface area (Å²) < 4.78 is 95.1. The number of ether oxygens (including phenoxy) is 2. The van der Waals surface area contributed by atoms with Crippen molar-refractivity contribution >= 4 is 34.3 Å². The zero-order valence-electron chi connectivity index (χ0n) is 20.7. The molecule has 1 aromatic heterocycles. The minimum Gasteiger partial charge on any atom is -0.657 e. The molecule has 15 heteroatoms. The van der Waals surface area contributed by atoms with Crippen molar-refractivity contribution in [3.05, 3.63) is 94.2 Å². The van der Waals surface area contributed by atoms with Crippen molar-refractivity contribution in [2.75, 3.05) is 14.2 Å². The molecule has 5 rings (SSSR count). The molecular formula is C26H14F6MnN4O4. The van der Waals surface area contributed by atoms with Gasteiger partial charge in [-0.25, -0.2) is 19.8 Å². The van der Waals surface area contributed by atoms with E-state index in [-0.39, 0.29) is 39.9 Å². The normalized spacial score (nSPS) is 19.4. The molecule has 0 saturated heterocycles. The third-order valence-electron chi connectivity index (χ3n) is 5.96. The Bertz CT molecular complexity index is 1660. The fourth-order valence-corrected chi connectivity index (χ4v) is 4.29. The van der Waals surface area contributed by atoms with Crippen molar-refractivity contribution in [1.29, 1.82) is 0 Å². The first-order valence-electron chi connectivity index (χ1n) is 11.2. The average Bonchev–Trinajstić information content (AvgIpc) is 3.67. The van der Waals surface area contributed by atoms with E-state index in [1.165, 1.54) is 0 Å². The summed E-state index contributed by atoms with van der Waals surface area (Å²) in [4.78, 5) is 28.4. The van der Waals surface area contributed by atoms with Gasteiger partial charge in [-0.2, -0.15) is 26.3 Å². The minimum absolute atomic E-state index is 0. The summed E-state index contributed by atoms with van der Waals surface area (Å²) in [7, 11) is 1.98. The molecule has 8 bridgehead atoms.